The van der Waals surface area contributed by atoms with Gasteiger partial charge in [0, 0.05) is 13.3 Å². The maximum absolute atomic E-state index is 10.7. The summed E-state index contributed by atoms with van der Waals surface area (Å²) in [5, 5.41) is 34.5. The number of hydrogen-bond acceptors (Lipinski definition) is 5. The summed E-state index contributed by atoms with van der Waals surface area (Å²) in [5.41, 5.74) is 4.70. The monoisotopic (exact) mass is 271 g/mol. The van der Waals surface area contributed by atoms with Crippen molar-refractivity contribution in [3.05, 3.63) is 23.8 Å². The molecule has 106 valence electrons. The topological polar surface area (TPSA) is 141 Å². The summed E-state index contributed by atoms with van der Waals surface area (Å²) in [4.78, 5) is 19.7. The van der Waals surface area contributed by atoms with E-state index in [-0.39, 0.29) is 17.9 Å². The fourth-order valence-electron chi connectivity index (χ4n) is 1.18. The van der Waals surface area contributed by atoms with Crippen LogP contribution in [0.3, 0.4) is 0 Å². The van der Waals surface area contributed by atoms with Crippen molar-refractivity contribution in [2.75, 3.05) is 0 Å². The number of aromatic hydroxyl groups is 2. The van der Waals surface area contributed by atoms with Crippen LogP contribution >= 0.6 is 0 Å². The predicted octanol–water partition coefficient (Wildman–Crippen LogP) is 0.533. The van der Waals surface area contributed by atoms with Crippen LogP contribution in [0.2, 0.25) is 0 Å². The molecule has 7 heteroatoms. The largest absolute Gasteiger partial charge is 0.504 e. The molecule has 1 unspecified atom stereocenters. The summed E-state index contributed by atoms with van der Waals surface area (Å²) in [6, 6.07) is 4.11. The molecule has 7 nitrogen and oxygen atoms in total. The van der Waals surface area contributed by atoms with E-state index in [1.807, 2.05) is 0 Å². The Morgan fingerprint density at radius 2 is 1.68 bits per heavy atom. The summed E-state index contributed by atoms with van der Waals surface area (Å²) in [6.07, 6.45) is 0.0795. The van der Waals surface area contributed by atoms with Crippen LogP contribution in [-0.4, -0.2) is 37.9 Å². The van der Waals surface area contributed by atoms with Gasteiger partial charge in [-0.2, -0.15) is 0 Å². The highest BCUT2D eigenvalue weighted by atomic mass is 16.4. The number of nitrogens with two attached hydrogens (primary N) is 1. The molecule has 0 aliphatic rings. The molecule has 0 heterocycles. The first-order chi connectivity index (χ1) is 8.56. The molecule has 1 aromatic rings. The number of rotatable bonds is 3. The Morgan fingerprint density at radius 3 is 2.05 bits per heavy atom. The minimum Gasteiger partial charge on any atom is -0.504 e. The second kappa shape index (κ2) is 6.60. The van der Waals surface area contributed by atoms with Gasteiger partial charge in [0.25, 0.3) is 5.97 Å². The Balaban J connectivity index is 0.000000711. The quantitative estimate of drug-likeness (QED) is 0.505. The number of phenolic OH excluding ortho intramolecular Hbond substituents is 2. The molecule has 0 saturated heterocycles. The zero-order valence-corrected chi connectivity index (χ0v) is 10.6. The first-order valence-electron chi connectivity index (χ1n) is 5.29. The van der Waals surface area contributed by atoms with Gasteiger partial charge in [0.2, 0.25) is 0 Å². The summed E-state index contributed by atoms with van der Waals surface area (Å²) < 4.78 is 0. The molecule has 0 amide bonds. The van der Waals surface area contributed by atoms with Crippen LogP contribution in [-0.2, 0) is 16.0 Å². The molecule has 0 fully saturated rings. The maximum Gasteiger partial charge on any atom is 0.323 e. The third-order valence-electron chi connectivity index (χ3n) is 2.10. The van der Waals surface area contributed by atoms with Crippen LogP contribution in [0.15, 0.2) is 18.2 Å². The van der Waals surface area contributed by atoms with E-state index < -0.39 is 17.5 Å². The molecular formula is C12H17NO6. The van der Waals surface area contributed by atoms with Gasteiger partial charge in [-0.1, -0.05) is 6.07 Å². The lowest BCUT2D eigenvalue weighted by Gasteiger charge is -2.19. The van der Waals surface area contributed by atoms with Crippen molar-refractivity contribution >= 4 is 11.9 Å². The molecule has 6 N–H and O–H groups in total. The van der Waals surface area contributed by atoms with Crippen LogP contribution in [0.25, 0.3) is 0 Å². The average molecular weight is 271 g/mol. The third kappa shape index (κ3) is 6.27. The van der Waals surface area contributed by atoms with Gasteiger partial charge in [-0.25, -0.2) is 0 Å². The molecule has 0 aliphatic heterocycles. The van der Waals surface area contributed by atoms with Crippen molar-refractivity contribution in [2.45, 2.75) is 25.8 Å². The number of aliphatic carboxylic acids is 2. The first-order valence-corrected chi connectivity index (χ1v) is 5.29. The van der Waals surface area contributed by atoms with E-state index >= 15 is 0 Å². The van der Waals surface area contributed by atoms with Crippen molar-refractivity contribution in [1.82, 2.24) is 0 Å². The van der Waals surface area contributed by atoms with Gasteiger partial charge in [-0.15, -0.1) is 0 Å². The van der Waals surface area contributed by atoms with Crippen LogP contribution in [0, 0.1) is 0 Å². The maximum atomic E-state index is 10.7. The van der Waals surface area contributed by atoms with E-state index in [9.17, 15) is 9.90 Å². The number of benzene rings is 1. The molecule has 0 saturated carbocycles. The van der Waals surface area contributed by atoms with Gasteiger partial charge in [-0.3, -0.25) is 9.59 Å². The van der Waals surface area contributed by atoms with E-state index in [4.69, 9.17) is 25.8 Å². The number of carbonyl (C=O) groups is 2. The zero-order chi connectivity index (χ0) is 15.2. The van der Waals surface area contributed by atoms with Crippen LogP contribution in [0.4, 0.5) is 0 Å². The lowest BCUT2D eigenvalue weighted by atomic mass is 9.94. The number of hydrogen-bond donors (Lipinski definition) is 5. The highest BCUT2D eigenvalue weighted by Crippen LogP contribution is 2.26. The van der Waals surface area contributed by atoms with Gasteiger partial charge in [0.1, 0.15) is 5.54 Å². The van der Waals surface area contributed by atoms with Crippen molar-refractivity contribution in [3.63, 3.8) is 0 Å². The SMILES string of the molecule is CC(=O)O.CC(N)(Cc1ccc(O)c(O)c1)C(=O)O. The molecule has 0 aromatic heterocycles. The lowest BCUT2D eigenvalue weighted by molar-refractivity contribution is -0.142. The van der Waals surface area contributed by atoms with E-state index in [0.29, 0.717) is 5.56 Å². The highest BCUT2D eigenvalue weighted by Gasteiger charge is 2.28. The fourth-order valence-corrected chi connectivity index (χ4v) is 1.18. The predicted molar refractivity (Wildman–Crippen MR) is 67.0 cm³/mol. The molecular weight excluding hydrogens is 254 g/mol. The summed E-state index contributed by atoms with van der Waals surface area (Å²) in [7, 11) is 0. The summed E-state index contributed by atoms with van der Waals surface area (Å²) >= 11 is 0. The van der Waals surface area contributed by atoms with Crippen LogP contribution in [0.5, 0.6) is 11.5 Å². The number of carboxylic acids is 2. The average Bonchev–Trinajstić information content (AvgIpc) is 2.22. The fraction of sp³-hybridized carbons (Fsp3) is 0.333. The Labute approximate surface area is 109 Å². The third-order valence-corrected chi connectivity index (χ3v) is 2.10. The summed E-state index contributed by atoms with van der Waals surface area (Å²) in [5.74, 6) is -2.48. The van der Waals surface area contributed by atoms with Gasteiger partial charge in [-0.05, 0) is 24.6 Å². The van der Waals surface area contributed by atoms with E-state index in [0.717, 1.165) is 6.92 Å². The van der Waals surface area contributed by atoms with Gasteiger partial charge >= 0.3 is 5.97 Å². The van der Waals surface area contributed by atoms with Crippen molar-refractivity contribution < 1.29 is 30.0 Å². The van der Waals surface area contributed by atoms with E-state index in [1.54, 1.807) is 0 Å². The smallest absolute Gasteiger partial charge is 0.323 e. The van der Waals surface area contributed by atoms with Gasteiger partial charge in [0.05, 0.1) is 0 Å². The zero-order valence-electron chi connectivity index (χ0n) is 10.6. The number of carboxylic acid groups (broad SMARTS) is 2. The minimum atomic E-state index is -1.39. The Hall–Kier alpha value is -2.28. The Bertz CT molecular complexity index is 465. The molecule has 0 spiro atoms. The molecule has 0 bridgehead atoms. The van der Waals surface area contributed by atoms with Gasteiger partial charge in [0.15, 0.2) is 11.5 Å². The Morgan fingerprint density at radius 1 is 1.21 bits per heavy atom. The lowest BCUT2D eigenvalue weighted by Crippen LogP contribution is -2.46. The minimum absolute atomic E-state index is 0.0795. The summed E-state index contributed by atoms with van der Waals surface area (Å²) in [6.45, 7) is 2.47. The molecule has 0 aliphatic carbocycles. The normalized spacial score (nSPS) is 12.8. The molecule has 19 heavy (non-hydrogen) atoms. The van der Waals surface area contributed by atoms with Crippen molar-refractivity contribution in [1.29, 1.82) is 0 Å². The van der Waals surface area contributed by atoms with E-state index in [2.05, 4.69) is 0 Å². The molecule has 1 aromatic carbocycles. The number of phenols is 2. The van der Waals surface area contributed by atoms with Crippen molar-refractivity contribution in [2.24, 2.45) is 5.73 Å². The van der Waals surface area contributed by atoms with Crippen LogP contribution < -0.4 is 5.73 Å². The Kier molecular flexibility index (Phi) is 5.81. The first kappa shape index (κ1) is 16.7. The standard InChI is InChI=1S/C10H13NO4.C2H4O2/c1-10(11,9(14)15)5-6-2-3-7(12)8(13)4-6;1-2(3)4/h2-4,12-13H,5,11H2,1H3,(H,14,15);1H3,(H,3,4). The molecule has 0 radical (unpaired) electrons. The highest BCUT2D eigenvalue weighted by molar-refractivity contribution is 5.78. The van der Waals surface area contributed by atoms with Crippen molar-refractivity contribution in [3.8, 4) is 11.5 Å². The molecule has 1 rings (SSSR count). The van der Waals surface area contributed by atoms with E-state index in [1.165, 1.54) is 25.1 Å². The molecule has 1 atom stereocenters. The second-order valence-corrected chi connectivity index (χ2v) is 4.24. The second-order valence-electron chi connectivity index (χ2n) is 4.24. The van der Waals surface area contributed by atoms with Crippen LogP contribution in [0.1, 0.15) is 19.4 Å². The van der Waals surface area contributed by atoms with Gasteiger partial charge < -0.3 is 26.2 Å².